The largest absolute Gasteiger partial charge is 0.449 e. The SMILES string of the molecule is CC=CC(C)=C[C@@]1(C)S[C@H](C(C)(C)C)OC1=O. The second-order valence-electron chi connectivity index (χ2n) is 5.72. The molecular weight excluding hydrogens is 232 g/mol. The fourth-order valence-corrected chi connectivity index (χ4v) is 3.03. The number of carbonyl (C=O) groups is 1. The van der Waals surface area contributed by atoms with Gasteiger partial charge in [-0.2, -0.15) is 0 Å². The van der Waals surface area contributed by atoms with Crippen molar-refractivity contribution in [2.24, 2.45) is 5.41 Å². The molecule has 1 saturated heterocycles. The summed E-state index contributed by atoms with van der Waals surface area (Å²) in [5, 5.41) is 0. The lowest BCUT2D eigenvalue weighted by molar-refractivity contribution is -0.146. The van der Waals surface area contributed by atoms with Gasteiger partial charge in [0.05, 0.1) is 0 Å². The third-order valence-corrected chi connectivity index (χ3v) is 4.40. The van der Waals surface area contributed by atoms with E-state index in [0.717, 1.165) is 5.57 Å². The maximum atomic E-state index is 12.0. The van der Waals surface area contributed by atoms with Gasteiger partial charge < -0.3 is 4.74 Å². The van der Waals surface area contributed by atoms with Gasteiger partial charge in [-0.25, -0.2) is 0 Å². The Bertz CT molecular complexity index is 363. The summed E-state index contributed by atoms with van der Waals surface area (Å²) in [6, 6.07) is 0. The predicted octanol–water partition coefficient (Wildman–Crippen LogP) is 3.93. The van der Waals surface area contributed by atoms with E-state index in [-0.39, 0.29) is 16.8 Å². The number of carbonyl (C=O) groups excluding carboxylic acids is 1. The molecule has 0 unspecified atom stereocenters. The summed E-state index contributed by atoms with van der Waals surface area (Å²) in [7, 11) is 0. The van der Waals surface area contributed by atoms with Crippen molar-refractivity contribution in [3.8, 4) is 0 Å². The molecule has 0 spiro atoms. The molecule has 0 saturated carbocycles. The van der Waals surface area contributed by atoms with Crippen LogP contribution in [0.15, 0.2) is 23.8 Å². The van der Waals surface area contributed by atoms with E-state index in [0.29, 0.717) is 0 Å². The quantitative estimate of drug-likeness (QED) is 0.551. The van der Waals surface area contributed by atoms with Crippen LogP contribution in [0.4, 0.5) is 0 Å². The van der Waals surface area contributed by atoms with Gasteiger partial charge in [-0.1, -0.05) is 56.3 Å². The minimum absolute atomic E-state index is 0.0274. The van der Waals surface area contributed by atoms with Crippen LogP contribution in [0.25, 0.3) is 0 Å². The fourth-order valence-electron chi connectivity index (χ4n) is 1.70. The molecule has 0 amide bonds. The smallest absolute Gasteiger partial charge is 0.327 e. The first-order valence-corrected chi connectivity index (χ1v) is 6.78. The monoisotopic (exact) mass is 254 g/mol. The number of esters is 1. The third kappa shape index (κ3) is 3.38. The summed E-state index contributed by atoms with van der Waals surface area (Å²) >= 11 is 1.60. The van der Waals surface area contributed by atoms with Crippen LogP contribution >= 0.6 is 11.8 Å². The summed E-state index contributed by atoms with van der Waals surface area (Å²) in [5.74, 6) is -0.133. The first kappa shape index (κ1) is 14.4. The minimum Gasteiger partial charge on any atom is -0.449 e. The highest BCUT2D eigenvalue weighted by molar-refractivity contribution is 8.02. The summed E-state index contributed by atoms with van der Waals surface area (Å²) < 4.78 is 4.92. The van der Waals surface area contributed by atoms with Crippen LogP contribution in [0.2, 0.25) is 0 Å². The van der Waals surface area contributed by atoms with E-state index in [1.807, 2.05) is 39.0 Å². The van der Waals surface area contributed by atoms with E-state index in [9.17, 15) is 4.79 Å². The Balaban J connectivity index is 2.93. The van der Waals surface area contributed by atoms with Crippen molar-refractivity contribution in [2.75, 3.05) is 0 Å². The summed E-state index contributed by atoms with van der Waals surface area (Å²) in [6.07, 6.45) is 5.97. The predicted molar refractivity (Wildman–Crippen MR) is 73.9 cm³/mol. The minimum atomic E-state index is -0.554. The van der Waals surface area contributed by atoms with Gasteiger partial charge in [0.25, 0.3) is 0 Å². The van der Waals surface area contributed by atoms with Crippen molar-refractivity contribution >= 4 is 17.7 Å². The third-order valence-electron chi connectivity index (χ3n) is 2.61. The first-order chi connectivity index (χ1) is 7.69. The van der Waals surface area contributed by atoms with Crippen molar-refractivity contribution in [2.45, 2.75) is 51.7 Å². The van der Waals surface area contributed by atoms with Crippen LogP contribution in [-0.4, -0.2) is 16.2 Å². The van der Waals surface area contributed by atoms with Crippen LogP contribution in [0.3, 0.4) is 0 Å². The van der Waals surface area contributed by atoms with Gasteiger partial charge in [-0.05, 0) is 20.8 Å². The number of allylic oxidation sites excluding steroid dienone is 3. The van der Waals surface area contributed by atoms with E-state index in [1.165, 1.54) is 0 Å². The zero-order chi connectivity index (χ0) is 13.3. The molecule has 2 nitrogen and oxygen atoms in total. The molecule has 96 valence electrons. The Morgan fingerprint density at radius 3 is 2.47 bits per heavy atom. The second kappa shape index (κ2) is 4.89. The Labute approximate surface area is 108 Å². The van der Waals surface area contributed by atoms with Crippen LogP contribution in [0.1, 0.15) is 41.5 Å². The van der Waals surface area contributed by atoms with Gasteiger partial charge in [0.2, 0.25) is 0 Å². The van der Waals surface area contributed by atoms with Crippen molar-refractivity contribution in [3.05, 3.63) is 23.8 Å². The lowest BCUT2D eigenvalue weighted by atomic mass is 9.98. The second-order valence-corrected chi connectivity index (χ2v) is 7.23. The maximum Gasteiger partial charge on any atom is 0.327 e. The van der Waals surface area contributed by atoms with E-state index < -0.39 is 4.75 Å². The number of hydrogen-bond donors (Lipinski definition) is 0. The van der Waals surface area contributed by atoms with Gasteiger partial charge in [0.1, 0.15) is 4.75 Å². The zero-order valence-corrected chi connectivity index (χ0v) is 12.4. The van der Waals surface area contributed by atoms with Crippen molar-refractivity contribution in [1.29, 1.82) is 0 Å². The molecule has 0 aromatic heterocycles. The molecule has 1 fully saturated rings. The standard InChI is InChI=1S/C14H22O2S/c1-7-8-10(2)9-14(6)11(15)16-12(17-14)13(3,4)5/h7-9,12H,1-6H3/t12-,14-/m1/s1. The average molecular weight is 254 g/mol. The lowest BCUT2D eigenvalue weighted by Crippen LogP contribution is -2.24. The summed E-state index contributed by atoms with van der Waals surface area (Å²) in [6.45, 7) is 12.2. The highest BCUT2D eigenvalue weighted by Crippen LogP contribution is 2.47. The van der Waals surface area contributed by atoms with Gasteiger partial charge >= 0.3 is 5.97 Å². The molecule has 3 heteroatoms. The van der Waals surface area contributed by atoms with Gasteiger partial charge in [-0.15, -0.1) is 0 Å². The van der Waals surface area contributed by atoms with E-state index in [4.69, 9.17) is 4.74 Å². The molecule has 1 aliphatic rings. The first-order valence-electron chi connectivity index (χ1n) is 5.90. The van der Waals surface area contributed by atoms with E-state index >= 15 is 0 Å². The molecular formula is C14H22O2S. The van der Waals surface area contributed by atoms with Crippen LogP contribution < -0.4 is 0 Å². The van der Waals surface area contributed by atoms with Gasteiger partial charge in [0, 0.05) is 5.41 Å². The highest BCUT2D eigenvalue weighted by Gasteiger charge is 2.48. The summed E-state index contributed by atoms with van der Waals surface area (Å²) in [5.41, 5.74) is 0.990. The van der Waals surface area contributed by atoms with Gasteiger partial charge in [-0.3, -0.25) is 4.79 Å². The molecule has 1 heterocycles. The van der Waals surface area contributed by atoms with Crippen molar-refractivity contribution in [3.63, 3.8) is 0 Å². The molecule has 0 aromatic carbocycles. The van der Waals surface area contributed by atoms with Crippen LogP contribution in [-0.2, 0) is 9.53 Å². The molecule has 0 aliphatic carbocycles. The topological polar surface area (TPSA) is 26.3 Å². The Morgan fingerprint density at radius 2 is 2.06 bits per heavy atom. The molecule has 0 aromatic rings. The number of hydrogen-bond acceptors (Lipinski definition) is 3. The lowest BCUT2D eigenvalue weighted by Gasteiger charge is -2.24. The fraction of sp³-hybridized carbons (Fsp3) is 0.643. The number of rotatable bonds is 2. The number of cyclic esters (lactones) is 1. The van der Waals surface area contributed by atoms with Crippen molar-refractivity contribution in [1.82, 2.24) is 0 Å². The van der Waals surface area contributed by atoms with E-state index in [1.54, 1.807) is 11.8 Å². The number of thioether (sulfide) groups is 1. The Hall–Kier alpha value is -0.700. The van der Waals surface area contributed by atoms with Gasteiger partial charge in [0.15, 0.2) is 5.44 Å². The van der Waals surface area contributed by atoms with E-state index in [2.05, 4.69) is 20.8 Å². The van der Waals surface area contributed by atoms with Crippen LogP contribution in [0.5, 0.6) is 0 Å². The maximum absolute atomic E-state index is 12.0. The number of ether oxygens (including phenoxy) is 1. The molecule has 2 atom stereocenters. The molecule has 17 heavy (non-hydrogen) atoms. The van der Waals surface area contributed by atoms with Crippen molar-refractivity contribution < 1.29 is 9.53 Å². The molecule has 1 aliphatic heterocycles. The van der Waals surface area contributed by atoms with Crippen LogP contribution in [0, 0.1) is 5.41 Å². The average Bonchev–Trinajstić information content (AvgIpc) is 2.42. The molecule has 1 rings (SSSR count). The normalized spacial score (nSPS) is 31.1. The summed E-state index contributed by atoms with van der Waals surface area (Å²) in [4.78, 5) is 12.0. The highest BCUT2D eigenvalue weighted by atomic mass is 32.2. The molecule has 0 N–H and O–H groups in total. The molecule has 0 bridgehead atoms. The Kier molecular flexibility index (Phi) is 4.13. The zero-order valence-electron chi connectivity index (χ0n) is 11.5. The Morgan fingerprint density at radius 1 is 1.47 bits per heavy atom. The molecule has 0 radical (unpaired) electrons.